The van der Waals surface area contributed by atoms with Crippen LogP contribution in [0.2, 0.25) is 0 Å². The van der Waals surface area contributed by atoms with Gasteiger partial charge in [0.05, 0.1) is 18.7 Å². The molecular formula is C28H22F4N2O5. The molecule has 3 aromatic rings. The van der Waals surface area contributed by atoms with Gasteiger partial charge >= 0.3 is 0 Å². The lowest BCUT2D eigenvalue weighted by molar-refractivity contribution is -0.137. The molecule has 1 aromatic heterocycles. The van der Waals surface area contributed by atoms with Gasteiger partial charge in [-0.1, -0.05) is 12.1 Å². The van der Waals surface area contributed by atoms with E-state index in [2.05, 4.69) is 0 Å². The summed E-state index contributed by atoms with van der Waals surface area (Å²) < 4.78 is 56.3. The van der Waals surface area contributed by atoms with E-state index in [-0.39, 0.29) is 35.4 Å². The molecule has 0 atom stereocenters. The average molecular weight is 542 g/mol. The number of carbonyl (C=O) groups is 3. The van der Waals surface area contributed by atoms with E-state index >= 15 is 0 Å². The van der Waals surface area contributed by atoms with Crippen LogP contribution in [0, 0.1) is 23.3 Å². The molecule has 0 spiro atoms. The number of hydrogen-bond donors (Lipinski definition) is 1. The number of rotatable bonds is 9. The van der Waals surface area contributed by atoms with Crippen LogP contribution >= 0.6 is 0 Å². The van der Waals surface area contributed by atoms with Crippen molar-refractivity contribution in [1.29, 1.82) is 0 Å². The number of nitrogens with zero attached hydrogens (tertiary/aromatic N) is 2. The van der Waals surface area contributed by atoms with E-state index in [0.29, 0.717) is 31.2 Å². The highest BCUT2D eigenvalue weighted by molar-refractivity contribution is 6.43. The normalized spacial score (nSPS) is 13.7. The van der Waals surface area contributed by atoms with Crippen LogP contribution in [0.15, 0.2) is 59.5 Å². The first-order valence-corrected chi connectivity index (χ1v) is 11.9. The summed E-state index contributed by atoms with van der Waals surface area (Å²) >= 11 is 0. The molecule has 0 saturated carbocycles. The molecule has 202 valence electrons. The monoisotopic (exact) mass is 542 g/mol. The number of hydrogen-bond acceptors (Lipinski definition) is 5. The molecule has 2 aromatic carbocycles. The van der Waals surface area contributed by atoms with E-state index in [1.54, 1.807) is 0 Å². The van der Waals surface area contributed by atoms with Crippen LogP contribution in [0.5, 0.6) is 0 Å². The molecule has 1 saturated heterocycles. The van der Waals surface area contributed by atoms with Gasteiger partial charge in [0.1, 0.15) is 29.0 Å². The maximum absolute atomic E-state index is 14.3. The molecular weight excluding hydrogens is 520 g/mol. The molecule has 39 heavy (non-hydrogen) atoms. The molecule has 0 radical (unpaired) electrons. The number of aliphatic hydroxyl groups excluding tert-OH is 1. The number of allylic oxidation sites excluding steroid dienone is 1. The Labute approximate surface area is 219 Å². The largest absolute Gasteiger partial charge is 0.507 e. The van der Waals surface area contributed by atoms with Gasteiger partial charge in [0, 0.05) is 49.4 Å². The number of aliphatic hydroxyl groups is 1. The van der Waals surface area contributed by atoms with Gasteiger partial charge in [-0.15, -0.1) is 0 Å². The fourth-order valence-electron chi connectivity index (χ4n) is 4.22. The molecule has 1 N–H and O–H groups in total. The van der Waals surface area contributed by atoms with Crippen LogP contribution in [-0.2, 0) is 27.3 Å². The van der Waals surface area contributed by atoms with Gasteiger partial charge in [-0.05, 0) is 35.7 Å². The average Bonchev–Trinajstić information content (AvgIpc) is 3.28. The number of halogens is 4. The third-order valence-electron chi connectivity index (χ3n) is 6.23. The van der Waals surface area contributed by atoms with Crippen LogP contribution < -0.4 is 5.56 Å². The Hall–Kier alpha value is -4.54. The Morgan fingerprint density at radius 2 is 1.56 bits per heavy atom. The molecule has 1 aliphatic heterocycles. The molecule has 1 amide bonds. The first-order chi connectivity index (χ1) is 18.5. The van der Waals surface area contributed by atoms with Crippen molar-refractivity contribution in [2.75, 3.05) is 13.1 Å². The zero-order chi connectivity index (χ0) is 28.3. The maximum Gasteiger partial charge on any atom is 0.261 e. The lowest BCUT2D eigenvalue weighted by Crippen LogP contribution is -2.34. The number of likely N-dealkylation sites (tertiary alicyclic amines) is 1. The highest BCUT2D eigenvalue weighted by atomic mass is 19.1. The third-order valence-corrected chi connectivity index (χ3v) is 6.23. The van der Waals surface area contributed by atoms with Crippen molar-refractivity contribution < 1.29 is 37.1 Å². The second-order valence-corrected chi connectivity index (χ2v) is 9.08. The standard InChI is InChI=1S/C28H22F4N2O5/c29-19-5-3-17(22(31)10-19)8-16-9-21(24(35)12-25(36)26(37)15-33-7-1-2-27(33)38)28(39)34(13-16)14-18-4-6-20(30)11-23(18)32/h3-6,9-13,35H,1-2,7-8,14-15H2. The first-order valence-electron chi connectivity index (χ1n) is 11.9. The maximum atomic E-state index is 14.3. The summed E-state index contributed by atoms with van der Waals surface area (Å²) in [7, 11) is 0. The van der Waals surface area contributed by atoms with Crippen molar-refractivity contribution in [2.45, 2.75) is 25.8 Å². The number of Topliss-reactive ketones (excluding diaryl/α,β-unsaturated/α-hetero) is 1. The number of pyridine rings is 1. The minimum absolute atomic E-state index is 0.0468. The van der Waals surface area contributed by atoms with Gasteiger partial charge in [-0.3, -0.25) is 19.2 Å². The molecule has 1 aliphatic rings. The lowest BCUT2D eigenvalue weighted by Gasteiger charge is -2.14. The summed E-state index contributed by atoms with van der Waals surface area (Å²) in [5.74, 6) is -6.71. The van der Waals surface area contributed by atoms with E-state index in [9.17, 15) is 41.8 Å². The molecule has 0 bridgehead atoms. The molecule has 2 heterocycles. The van der Waals surface area contributed by atoms with Gasteiger partial charge in [0.25, 0.3) is 5.56 Å². The fourth-order valence-corrected chi connectivity index (χ4v) is 4.22. The molecule has 11 heteroatoms. The highest BCUT2D eigenvalue weighted by Crippen LogP contribution is 2.19. The molecule has 4 rings (SSSR count). The second kappa shape index (κ2) is 11.5. The molecule has 7 nitrogen and oxygen atoms in total. The van der Waals surface area contributed by atoms with Crippen LogP contribution in [0.4, 0.5) is 17.6 Å². The number of carbonyl (C=O) groups excluding carboxylic acids is 3. The van der Waals surface area contributed by atoms with E-state index in [0.717, 1.165) is 28.8 Å². The Bertz CT molecular complexity index is 1560. The third kappa shape index (κ3) is 6.49. The van der Waals surface area contributed by atoms with Crippen molar-refractivity contribution in [3.63, 3.8) is 0 Å². The van der Waals surface area contributed by atoms with Gasteiger partial charge in [0.15, 0.2) is 0 Å². The van der Waals surface area contributed by atoms with Gasteiger partial charge in [0.2, 0.25) is 17.5 Å². The predicted octanol–water partition coefficient (Wildman–Crippen LogP) is 3.70. The minimum atomic E-state index is -1.15. The van der Waals surface area contributed by atoms with Crippen LogP contribution in [-0.4, -0.2) is 45.1 Å². The summed E-state index contributed by atoms with van der Waals surface area (Å²) in [6.45, 7) is -0.561. The summed E-state index contributed by atoms with van der Waals surface area (Å²) in [4.78, 5) is 50.9. The van der Waals surface area contributed by atoms with Gasteiger partial charge < -0.3 is 14.6 Å². The predicted molar refractivity (Wildman–Crippen MR) is 132 cm³/mol. The van der Waals surface area contributed by atoms with E-state index in [1.165, 1.54) is 17.2 Å². The number of benzene rings is 2. The van der Waals surface area contributed by atoms with E-state index < -0.39 is 64.8 Å². The van der Waals surface area contributed by atoms with Crippen molar-refractivity contribution in [2.24, 2.45) is 0 Å². The molecule has 0 unspecified atom stereocenters. The minimum Gasteiger partial charge on any atom is -0.507 e. The van der Waals surface area contributed by atoms with Crippen molar-refractivity contribution in [3.05, 3.63) is 111 Å². The Kier molecular flexibility index (Phi) is 8.08. The Morgan fingerprint density at radius 1 is 0.923 bits per heavy atom. The van der Waals surface area contributed by atoms with Gasteiger partial charge in [-0.2, -0.15) is 0 Å². The summed E-state index contributed by atoms with van der Waals surface area (Å²) in [5.41, 5.74) is -1.13. The second-order valence-electron chi connectivity index (χ2n) is 9.08. The van der Waals surface area contributed by atoms with Gasteiger partial charge in [-0.25, -0.2) is 17.6 Å². The van der Waals surface area contributed by atoms with E-state index in [1.807, 2.05) is 0 Å². The summed E-state index contributed by atoms with van der Waals surface area (Å²) in [6.07, 6.45) is 2.44. The summed E-state index contributed by atoms with van der Waals surface area (Å²) in [5, 5.41) is 10.6. The Balaban J connectivity index is 1.70. The summed E-state index contributed by atoms with van der Waals surface area (Å²) in [6, 6.07) is 6.82. The van der Waals surface area contributed by atoms with Crippen molar-refractivity contribution in [3.8, 4) is 0 Å². The lowest BCUT2D eigenvalue weighted by atomic mass is 10.0. The van der Waals surface area contributed by atoms with Crippen LogP contribution in [0.3, 0.4) is 0 Å². The van der Waals surface area contributed by atoms with Crippen LogP contribution in [0.1, 0.15) is 35.1 Å². The smallest absolute Gasteiger partial charge is 0.261 e. The topological polar surface area (TPSA) is 96.7 Å². The number of aromatic nitrogens is 1. The Morgan fingerprint density at radius 3 is 2.15 bits per heavy atom. The van der Waals surface area contributed by atoms with E-state index in [4.69, 9.17) is 0 Å². The fraction of sp³-hybridized carbons (Fsp3) is 0.214. The number of amides is 1. The van der Waals surface area contributed by atoms with Crippen LogP contribution in [0.25, 0.3) is 5.76 Å². The quantitative estimate of drug-likeness (QED) is 0.193. The molecule has 1 fully saturated rings. The van der Waals surface area contributed by atoms with Crippen molar-refractivity contribution in [1.82, 2.24) is 9.47 Å². The first kappa shape index (κ1) is 27.5. The zero-order valence-electron chi connectivity index (χ0n) is 20.4. The highest BCUT2D eigenvalue weighted by Gasteiger charge is 2.25. The van der Waals surface area contributed by atoms with Crippen molar-refractivity contribution >= 4 is 23.2 Å². The SMILES string of the molecule is O=C(C=C(O)c1cc(Cc2ccc(F)cc2F)cn(Cc2ccc(F)cc2F)c1=O)C(=O)CN1CCCC1=O. The molecule has 0 aliphatic carbocycles. The zero-order valence-corrected chi connectivity index (χ0v) is 20.4. The number of ketones is 2.